The second-order valence-electron chi connectivity index (χ2n) is 6.44. The highest BCUT2D eigenvalue weighted by Crippen LogP contribution is 2.16. The van der Waals surface area contributed by atoms with Gasteiger partial charge >= 0.3 is 0 Å². The number of amides is 1. The van der Waals surface area contributed by atoms with Crippen LogP contribution in [0.25, 0.3) is 0 Å². The summed E-state index contributed by atoms with van der Waals surface area (Å²) in [6.45, 7) is 0. The van der Waals surface area contributed by atoms with Gasteiger partial charge in [-0.2, -0.15) is 5.10 Å². The number of hydrogen-bond acceptors (Lipinski definition) is 4. The molecule has 0 fully saturated rings. The van der Waals surface area contributed by atoms with Crippen molar-refractivity contribution < 1.29 is 9.53 Å². The number of nitrogens with zero attached hydrogens (tertiary/aromatic N) is 2. The van der Waals surface area contributed by atoms with Crippen molar-refractivity contribution in [3.05, 3.63) is 95.6 Å². The van der Waals surface area contributed by atoms with Gasteiger partial charge < -0.3 is 9.64 Å². The van der Waals surface area contributed by atoms with Gasteiger partial charge in [-0.3, -0.25) is 4.79 Å². The Bertz CT molecular complexity index is 947. The zero-order valence-electron chi connectivity index (χ0n) is 16.2. The van der Waals surface area contributed by atoms with Gasteiger partial charge in [0.15, 0.2) is 0 Å². The van der Waals surface area contributed by atoms with E-state index < -0.39 is 0 Å². The van der Waals surface area contributed by atoms with Gasteiger partial charge in [0.1, 0.15) is 5.75 Å². The van der Waals surface area contributed by atoms with Crippen molar-refractivity contribution in [1.29, 1.82) is 0 Å². The number of carbonyl (C=O) groups is 1. The lowest BCUT2D eigenvalue weighted by atomic mass is 10.0. The summed E-state index contributed by atoms with van der Waals surface area (Å²) < 4.78 is 5.13. The molecular weight excluding hydrogens is 350 g/mol. The Kier molecular flexibility index (Phi) is 6.07. The minimum absolute atomic E-state index is 0.277. The highest BCUT2D eigenvalue weighted by atomic mass is 16.5. The van der Waals surface area contributed by atoms with Gasteiger partial charge in [-0.05, 0) is 36.4 Å². The van der Waals surface area contributed by atoms with Crippen LogP contribution in [0.15, 0.2) is 84.0 Å². The van der Waals surface area contributed by atoms with Crippen LogP contribution in [-0.4, -0.2) is 32.8 Å². The Balaban J connectivity index is 1.89. The number of anilines is 1. The maximum Gasteiger partial charge on any atom is 0.271 e. The summed E-state index contributed by atoms with van der Waals surface area (Å²) in [5.74, 6) is 0.423. The maximum absolute atomic E-state index is 12.5. The molecule has 0 aliphatic carbocycles. The van der Waals surface area contributed by atoms with E-state index in [2.05, 4.69) is 10.5 Å². The highest BCUT2D eigenvalue weighted by Gasteiger charge is 2.10. The SMILES string of the molecule is COc1ccc(C(=O)NN=C(c2ccccc2)c2ccc(N(C)C)cc2)cc1. The third-order valence-corrected chi connectivity index (χ3v) is 4.33. The normalized spacial score (nSPS) is 11.0. The fourth-order valence-electron chi connectivity index (χ4n) is 2.72. The van der Waals surface area contributed by atoms with E-state index in [1.54, 1.807) is 31.4 Å². The molecule has 5 nitrogen and oxygen atoms in total. The minimum atomic E-state index is -0.277. The Morgan fingerprint density at radius 3 is 1.96 bits per heavy atom. The first-order valence-electron chi connectivity index (χ1n) is 8.94. The first-order chi connectivity index (χ1) is 13.6. The van der Waals surface area contributed by atoms with E-state index in [4.69, 9.17) is 4.74 Å². The van der Waals surface area contributed by atoms with E-state index >= 15 is 0 Å². The lowest BCUT2D eigenvalue weighted by Crippen LogP contribution is -2.20. The Morgan fingerprint density at radius 2 is 1.39 bits per heavy atom. The Morgan fingerprint density at radius 1 is 0.821 bits per heavy atom. The van der Waals surface area contributed by atoms with Crippen LogP contribution in [0.4, 0.5) is 5.69 Å². The van der Waals surface area contributed by atoms with Gasteiger partial charge in [-0.1, -0.05) is 42.5 Å². The maximum atomic E-state index is 12.5. The van der Waals surface area contributed by atoms with Crippen molar-refractivity contribution in [2.45, 2.75) is 0 Å². The second kappa shape index (κ2) is 8.86. The van der Waals surface area contributed by atoms with Crippen LogP contribution in [0.5, 0.6) is 5.75 Å². The molecule has 0 aliphatic heterocycles. The molecule has 142 valence electrons. The lowest BCUT2D eigenvalue weighted by Gasteiger charge is -2.14. The van der Waals surface area contributed by atoms with Crippen LogP contribution in [0, 0.1) is 0 Å². The molecule has 3 aromatic rings. The molecule has 0 unspecified atom stereocenters. The van der Waals surface area contributed by atoms with E-state index in [1.807, 2.05) is 73.6 Å². The van der Waals surface area contributed by atoms with Gasteiger partial charge in [0.05, 0.1) is 12.8 Å². The van der Waals surface area contributed by atoms with Crippen molar-refractivity contribution in [1.82, 2.24) is 5.43 Å². The number of hydrazone groups is 1. The summed E-state index contributed by atoms with van der Waals surface area (Å²) >= 11 is 0. The van der Waals surface area contributed by atoms with E-state index in [0.717, 1.165) is 16.8 Å². The fourth-order valence-corrected chi connectivity index (χ4v) is 2.72. The molecule has 0 saturated carbocycles. The average Bonchev–Trinajstić information content (AvgIpc) is 2.75. The van der Waals surface area contributed by atoms with E-state index in [-0.39, 0.29) is 5.91 Å². The van der Waals surface area contributed by atoms with Crippen LogP contribution in [0.3, 0.4) is 0 Å². The molecule has 0 radical (unpaired) electrons. The van der Waals surface area contributed by atoms with Gasteiger partial charge in [-0.25, -0.2) is 5.43 Å². The number of carbonyl (C=O) groups excluding carboxylic acids is 1. The molecule has 3 rings (SSSR count). The molecule has 0 bridgehead atoms. The molecule has 0 aliphatic rings. The van der Waals surface area contributed by atoms with Gasteiger partial charge in [-0.15, -0.1) is 0 Å². The van der Waals surface area contributed by atoms with Crippen molar-refractivity contribution in [3.63, 3.8) is 0 Å². The summed E-state index contributed by atoms with van der Waals surface area (Å²) in [4.78, 5) is 14.5. The topological polar surface area (TPSA) is 53.9 Å². The molecule has 1 amide bonds. The number of benzene rings is 3. The summed E-state index contributed by atoms with van der Waals surface area (Å²) in [5.41, 5.74) is 6.83. The van der Waals surface area contributed by atoms with Crippen LogP contribution >= 0.6 is 0 Å². The lowest BCUT2D eigenvalue weighted by molar-refractivity contribution is 0.0955. The van der Waals surface area contributed by atoms with E-state index in [9.17, 15) is 4.79 Å². The quantitative estimate of drug-likeness (QED) is 0.526. The van der Waals surface area contributed by atoms with Crippen molar-refractivity contribution >= 4 is 17.3 Å². The van der Waals surface area contributed by atoms with Gasteiger partial charge in [0.2, 0.25) is 0 Å². The van der Waals surface area contributed by atoms with Crippen molar-refractivity contribution in [2.75, 3.05) is 26.1 Å². The first kappa shape index (κ1) is 19.2. The highest BCUT2D eigenvalue weighted by molar-refractivity contribution is 6.13. The number of ether oxygens (including phenoxy) is 1. The Hall–Kier alpha value is -3.60. The van der Waals surface area contributed by atoms with E-state index in [0.29, 0.717) is 17.0 Å². The summed E-state index contributed by atoms with van der Waals surface area (Å²) in [6.07, 6.45) is 0. The Labute approximate surface area is 165 Å². The van der Waals surface area contributed by atoms with Crippen LogP contribution in [0.2, 0.25) is 0 Å². The monoisotopic (exact) mass is 373 g/mol. The van der Waals surface area contributed by atoms with Crippen LogP contribution in [-0.2, 0) is 0 Å². The predicted molar refractivity (Wildman–Crippen MR) is 113 cm³/mol. The smallest absolute Gasteiger partial charge is 0.271 e. The standard InChI is InChI=1S/C23H23N3O2/c1-26(2)20-13-9-18(10-14-20)22(17-7-5-4-6-8-17)24-25-23(27)19-11-15-21(28-3)16-12-19/h4-16H,1-3H3,(H,25,27). The molecule has 0 spiro atoms. The van der Waals surface area contributed by atoms with Crippen molar-refractivity contribution in [2.24, 2.45) is 5.10 Å². The number of methoxy groups -OCH3 is 1. The molecule has 0 atom stereocenters. The zero-order chi connectivity index (χ0) is 19.9. The predicted octanol–water partition coefficient (Wildman–Crippen LogP) is 3.94. The number of rotatable bonds is 6. The minimum Gasteiger partial charge on any atom is -0.497 e. The number of hydrogen-bond donors (Lipinski definition) is 1. The summed E-state index contributed by atoms with van der Waals surface area (Å²) in [7, 11) is 5.58. The van der Waals surface area contributed by atoms with E-state index in [1.165, 1.54) is 0 Å². The van der Waals surface area contributed by atoms with Crippen LogP contribution < -0.4 is 15.1 Å². The molecular formula is C23H23N3O2. The first-order valence-corrected chi connectivity index (χ1v) is 8.94. The molecule has 0 saturated heterocycles. The van der Waals surface area contributed by atoms with Gasteiger partial charge in [0, 0.05) is 36.5 Å². The largest absolute Gasteiger partial charge is 0.497 e. The molecule has 0 aromatic heterocycles. The average molecular weight is 373 g/mol. The fraction of sp³-hybridized carbons (Fsp3) is 0.130. The van der Waals surface area contributed by atoms with Crippen molar-refractivity contribution in [3.8, 4) is 5.75 Å². The third-order valence-electron chi connectivity index (χ3n) is 4.33. The zero-order valence-corrected chi connectivity index (χ0v) is 16.2. The molecule has 1 N–H and O–H groups in total. The summed E-state index contributed by atoms with van der Waals surface area (Å²) in [5, 5.41) is 4.43. The third kappa shape index (κ3) is 4.57. The molecule has 28 heavy (non-hydrogen) atoms. The molecule has 5 heteroatoms. The summed E-state index contributed by atoms with van der Waals surface area (Å²) in [6, 6.07) is 24.7. The second-order valence-corrected chi connectivity index (χ2v) is 6.44. The van der Waals surface area contributed by atoms with Crippen LogP contribution in [0.1, 0.15) is 21.5 Å². The number of nitrogens with one attached hydrogen (secondary N) is 1. The van der Waals surface area contributed by atoms with Gasteiger partial charge in [0.25, 0.3) is 5.91 Å². The molecule has 3 aromatic carbocycles. The molecule has 0 heterocycles.